The fourth-order valence-corrected chi connectivity index (χ4v) is 5.18. The first-order valence-corrected chi connectivity index (χ1v) is 9.77. The van der Waals surface area contributed by atoms with Gasteiger partial charge in [-0.2, -0.15) is 5.10 Å². The summed E-state index contributed by atoms with van der Waals surface area (Å²) in [7, 11) is 0. The number of aromatic nitrogens is 2. The SMILES string of the molecule is Cc1ccc(N2CCCC3(CCN(Cc4ccc(C)s4)C3)C2)nn1. The minimum absolute atomic E-state index is 0.442. The summed E-state index contributed by atoms with van der Waals surface area (Å²) in [4.78, 5) is 8.02. The molecule has 4 heterocycles. The molecular formula is C19H26N4S. The maximum Gasteiger partial charge on any atom is 0.151 e. The van der Waals surface area contributed by atoms with Gasteiger partial charge < -0.3 is 4.90 Å². The molecule has 128 valence electrons. The van der Waals surface area contributed by atoms with Crippen molar-refractivity contribution in [3.8, 4) is 0 Å². The van der Waals surface area contributed by atoms with Gasteiger partial charge in [-0.1, -0.05) is 0 Å². The number of likely N-dealkylation sites (tertiary alicyclic amines) is 1. The Bertz CT molecular complexity index is 696. The Balaban J connectivity index is 1.42. The third-order valence-corrected chi connectivity index (χ3v) is 6.45. The average Bonchev–Trinajstić information content (AvgIpc) is 3.15. The second kappa shape index (κ2) is 6.45. The third-order valence-electron chi connectivity index (χ3n) is 5.46. The number of thiophene rings is 1. The summed E-state index contributed by atoms with van der Waals surface area (Å²) in [6, 6.07) is 8.73. The molecule has 0 N–H and O–H groups in total. The van der Waals surface area contributed by atoms with E-state index < -0.39 is 0 Å². The zero-order valence-corrected chi connectivity index (χ0v) is 15.5. The van der Waals surface area contributed by atoms with Crippen molar-refractivity contribution >= 4 is 17.2 Å². The van der Waals surface area contributed by atoms with Gasteiger partial charge in [-0.05, 0) is 63.9 Å². The van der Waals surface area contributed by atoms with Gasteiger partial charge in [0.05, 0.1) is 5.69 Å². The van der Waals surface area contributed by atoms with Gasteiger partial charge in [0.2, 0.25) is 0 Å². The number of aryl methyl sites for hydroxylation is 2. The first-order valence-electron chi connectivity index (χ1n) is 8.95. The van der Waals surface area contributed by atoms with Crippen LogP contribution in [-0.2, 0) is 6.54 Å². The van der Waals surface area contributed by atoms with Crippen molar-refractivity contribution < 1.29 is 0 Å². The van der Waals surface area contributed by atoms with Crippen LogP contribution in [0.2, 0.25) is 0 Å². The van der Waals surface area contributed by atoms with Crippen LogP contribution in [0.15, 0.2) is 24.3 Å². The number of rotatable bonds is 3. The van der Waals surface area contributed by atoms with Gasteiger partial charge in [0.15, 0.2) is 5.82 Å². The summed E-state index contributed by atoms with van der Waals surface area (Å²) >= 11 is 1.94. The Labute approximate surface area is 148 Å². The molecule has 0 aromatic carbocycles. The van der Waals surface area contributed by atoms with Crippen LogP contribution in [0.4, 0.5) is 5.82 Å². The Hall–Kier alpha value is -1.46. The third kappa shape index (κ3) is 3.33. The van der Waals surface area contributed by atoms with Gasteiger partial charge in [0.1, 0.15) is 0 Å². The van der Waals surface area contributed by atoms with Gasteiger partial charge in [-0.3, -0.25) is 4.90 Å². The molecule has 2 aromatic heterocycles. The van der Waals surface area contributed by atoms with Gasteiger partial charge in [-0.25, -0.2) is 0 Å². The molecule has 2 fully saturated rings. The van der Waals surface area contributed by atoms with Crippen LogP contribution in [0.25, 0.3) is 0 Å². The quantitative estimate of drug-likeness (QED) is 0.852. The molecule has 2 aromatic rings. The van der Waals surface area contributed by atoms with Crippen LogP contribution in [0.5, 0.6) is 0 Å². The van der Waals surface area contributed by atoms with Crippen molar-refractivity contribution in [2.75, 3.05) is 31.1 Å². The fraction of sp³-hybridized carbons (Fsp3) is 0.579. The lowest BCUT2D eigenvalue weighted by Crippen LogP contribution is -2.45. The molecule has 5 heteroatoms. The molecule has 0 aliphatic carbocycles. The molecule has 2 aliphatic heterocycles. The fourth-order valence-electron chi connectivity index (χ4n) is 4.25. The number of hydrogen-bond acceptors (Lipinski definition) is 5. The molecule has 0 amide bonds. The lowest BCUT2D eigenvalue weighted by Gasteiger charge is -2.41. The molecule has 1 atom stereocenters. The van der Waals surface area contributed by atoms with Crippen molar-refractivity contribution in [2.24, 2.45) is 5.41 Å². The minimum Gasteiger partial charge on any atom is -0.355 e. The summed E-state index contributed by atoms with van der Waals surface area (Å²) in [5, 5.41) is 8.65. The molecule has 24 heavy (non-hydrogen) atoms. The predicted molar refractivity (Wildman–Crippen MR) is 99.6 cm³/mol. The van der Waals surface area contributed by atoms with Crippen LogP contribution in [-0.4, -0.2) is 41.3 Å². The summed E-state index contributed by atoms with van der Waals surface area (Å²) in [5.41, 5.74) is 1.43. The molecule has 1 unspecified atom stereocenters. The van der Waals surface area contributed by atoms with Crippen LogP contribution in [0.3, 0.4) is 0 Å². The van der Waals surface area contributed by atoms with Gasteiger partial charge in [-0.15, -0.1) is 16.4 Å². The van der Waals surface area contributed by atoms with E-state index in [1.807, 2.05) is 18.3 Å². The molecule has 2 saturated heterocycles. The highest BCUT2D eigenvalue weighted by Gasteiger charge is 2.41. The Morgan fingerprint density at radius 1 is 1.04 bits per heavy atom. The molecule has 4 nitrogen and oxygen atoms in total. The van der Waals surface area contributed by atoms with Crippen LogP contribution < -0.4 is 4.90 Å². The first kappa shape index (κ1) is 16.0. The highest BCUT2D eigenvalue weighted by atomic mass is 32.1. The molecule has 1 spiro atoms. The topological polar surface area (TPSA) is 32.3 Å². The monoisotopic (exact) mass is 342 g/mol. The number of anilines is 1. The summed E-state index contributed by atoms with van der Waals surface area (Å²) in [5.74, 6) is 1.05. The highest BCUT2D eigenvalue weighted by Crippen LogP contribution is 2.40. The average molecular weight is 343 g/mol. The Morgan fingerprint density at radius 2 is 1.96 bits per heavy atom. The number of hydrogen-bond donors (Lipinski definition) is 0. The highest BCUT2D eigenvalue weighted by molar-refractivity contribution is 7.11. The van der Waals surface area contributed by atoms with E-state index in [9.17, 15) is 0 Å². The maximum absolute atomic E-state index is 4.41. The van der Waals surface area contributed by atoms with Crippen molar-refractivity contribution in [1.82, 2.24) is 15.1 Å². The van der Waals surface area contributed by atoms with Crippen molar-refractivity contribution in [2.45, 2.75) is 39.7 Å². The van der Waals surface area contributed by atoms with E-state index in [1.165, 1.54) is 42.1 Å². The molecular weight excluding hydrogens is 316 g/mol. The standard InChI is InChI=1S/C19H26N4S/c1-15-4-7-18(21-20-15)23-10-3-8-19(14-23)9-11-22(13-19)12-17-6-5-16(2)24-17/h4-7H,3,8-14H2,1-2H3. The van der Waals surface area contributed by atoms with Crippen LogP contribution >= 0.6 is 11.3 Å². The van der Waals surface area contributed by atoms with E-state index in [0.717, 1.165) is 31.1 Å². The van der Waals surface area contributed by atoms with E-state index >= 15 is 0 Å². The summed E-state index contributed by atoms with van der Waals surface area (Å²) < 4.78 is 0. The van der Waals surface area contributed by atoms with E-state index in [-0.39, 0.29) is 0 Å². The van der Waals surface area contributed by atoms with Crippen LogP contribution in [0.1, 0.15) is 34.7 Å². The predicted octanol–water partition coefficient (Wildman–Crippen LogP) is 3.65. The molecule has 0 saturated carbocycles. The summed E-state index contributed by atoms with van der Waals surface area (Å²) in [6.07, 6.45) is 3.93. The normalized spacial score (nSPS) is 24.8. The number of nitrogens with zero attached hydrogens (tertiary/aromatic N) is 4. The van der Waals surface area contributed by atoms with Crippen molar-refractivity contribution in [3.63, 3.8) is 0 Å². The largest absolute Gasteiger partial charge is 0.355 e. The second-order valence-corrected chi connectivity index (χ2v) is 8.90. The lowest BCUT2D eigenvalue weighted by molar-refractivity contribution is 0.216. The zero-order chi connectivity index (χ0) is 16.6. The molecule has 0 bridgehead atoms. The van der Waals surface area contributed by atoms with Crippen LogP contribution in [0, 0.1) is 19.3 Å². The lowest BCUT2D eigenvalue weighted by atomic mass is 9.79. The van der Waals surface area contributed by atoms with Gasteiger partial charge in [0, 0.05) is 41.3 Å². The molecule has 4 rings (SSSR count). The zero-order valence-electron chi connectivity index (χ0n) is 14.7. The number of piperidine rings is 1. The van der Waals surface area contributed by atoms with Gasteiger partial charge in [0.25, 0.3) is 0 Å². The smallest absolute Gasteiger partial charge is 0.151 e. The van der Waals surface area contributed by atoms with Gasteiger partial charge >= 0.3 is 0 Å². The van der Waals surface area contributed by atoms with E-state index in [0.29, 0.717) is 5.41 Å². The molecule has 2 aliphatic rings. The second-order valence-electron chi connectivity index (χ2n) is 7.53. The van der Waals surface area contributed by atoms with E-state index in [1.54, 1.807) is 0 Å². The van der Waals surface area contributed by atoms with E-state index in [4.69, 9.17) is 0 Å². The maximum atomic E-state index is 4.41. The first-order chi connectivity index (χ1) is 11.6. The van der Waals surface area contributed by atoms with Crippen molar-refractivity contribution in [1.29, 1.82) is 0 Å². The molecule has 0 radical (unpaired) electrons. The van der Waals surface area contributed by atoms with Crippen molar-refractivity contribution in [3.05, 3.63) is 39.7 Å². The Morgan fingerprint density at radius 3 is 2.71 bits per heavy atom. The van der Waals surface area contributed by atoms with E-state index in [2.05, 4.69) is 51.2 Å². The Kier molecular flexibility index (Phi) is 4.31. The minimum atomic E-state index is 0.442. The summed E-state index contributed by atoms with van der Waals surface area (Å²) in [6.45, 7) is 10.00.